The van der Waals surface area contributed by atoms with Crippen LogP contribution in [0.5, 0.6) is 0 Å². The lowest BCUT2D eigenvalue weighted by atomic mass is 10.2. The first-order valence-electron chi connectivity index (χ1n) is 7.92. The van der Waals surface area contributed by atoms with E-state index in [-0.39, 0.29) is 5.91 Å². The number of fused-ring (bicyclic) bond motifs is 1. The van der Waals surface area contributed by atoms with Crippen LogP contribution in [0.4, 0.5) is 5.69 Å². The number of anilines is 1. The monoisotopic (exact) mass is 596 g/mol. The Balaban J connectivity index is 1.65. The maximum Gasteiger partial charge on any atom is 0.255 e. The fraction of sp³-hybridized carbons (Fsp3) is 0. The van der Waals surface area contributed by atoms with Crippen molar-refractivity contribution in [3.63, 3.8) is 0 Å². The molecule has 1 N–H and O–H groups in total. The minimum atomic E-state index is -0.181. The Kier molecular flexibility index (Phi) is 5.34. The molecule has 27 heavy (non-hydrogen) atoms. The van der Waals surface area contributed by atoms with Crippen molar-refractivity contribution in [2.75, 3.05) is 5.32 Å². The molecule has 1 heterocycles. The average Bonchev–Trinajstić information content (AvgIpc) is 3.07. The second kappa shape index (κ2) is 7.73. The Morgan fingerprint density at radius 1 is 1.04 bits per heavy atom. The summed E-state index contributed by atoms with van der Waals surface area (Å²) in [6.45, 7) is 0. The fourth-order valence-electron chi connectivity index (χ4n) is 2.61. The SMILES string of the molecule is O=C(Nc1ccc2oc(-c3cc(I)ccc3Br)nc2c1)c1cccc(Br)c1. The summed E-state index contributed by atoms with van der Waals surface area (Å²) in [4.78, 5) is 17.0. The number of nitrogens with one attached hydrogen (secondary N) is 1. The summed E-state index contributed by atoms with van der Waals surface area (Å²) in [5, 5.41) is 2.90. The third-order valence-corrected chi connectivity index (χ3v) is 5.75. The third-order valence-electron chi connectivity index (χ3n) is 3.89. The van der Waals surface area contributed by atoms with Gasteiger partial charge >= 0.3 is 0 Å². The largest absolute Gasteiger partial charge is 0.436 e. The minimum Gasteiger partial charge on any atom is -0.436 e. The summed E-state index contributed by atoms with van der Waals surface area (Å²) in [6.07, 6.45) is 0. The Hall–Kier alpha value is -1.71. The predicted molar refractivity (Wildman–Crippen MR) is 122 cm³/mol. The number of carbonyl (C=O) groups excluding carboxylic acids is 1. The van der Waals surface area contributed by atoms with Crippen LogP contribution in [-0.2, 0) is 0 Å². The zero-order valence-corrected chi connectivity index (χ0v) is 19.0. The Morgan fingerprint density at radius 3 is 2.70 bits per heavy atom. The molecule has 0 aliphatic heterocycles. The van der Waals surface area contributed by atoms with E-state index >= 15 is 0 Å². The van der Waals surface area contributed by atoms with Crippen molar-refractivity contribution in [3.8, 4) is 11.5 Å². The normalized spacial score (nSPS) is 10.9. The molecular weight excluding hydrogens is 587 g/mol. The summed E-state index contributed by atoms with van der Waals surface area (Å²) in [5.74, 6) is 0.352. The van der Waals surface area contributed by atoms with Crippen molar-refractivity contribution in [2.24, 2.45) is 0 Å². The molecule has 0 bridgehead atoms. The molecule has 7 heteroatoms. The molecule has 0 saturated heterocycles. The van der Waals surface area contributed by atoms with Gasteiger partial charge in [-0.15, -0.1) is 0 Å². The number of oxazole rings is 1. The first-order chi connectivity index (χ1) is 13.0. The lowest BCUT2D eigenvalue weighted by Crippen LogP contribution is -2.11. The van der Waals surface area contributed by atoms with Crippen molar-refractivity contribution in [1.82, 2.24) is 4.98 Å². The van der Waals surface area contributed by atoms with E-state index in [1.165, 1.54) is 0 Å². The Bertz CT molecular complexity index is 1170. The van der Waals surface area contributed by atoms with Gasteiger partial charge in [-0.25, -0.2) is 4.98 Å². The number of carbonyl (C=O) groups is 1. The molecule has 0 aliphatic carbocycles. The molecule has 0 fully saturated rings. The predicted octanol–water partition coefficient (Wildman–Crippen LogP) is 6.88. The van der Waals surface area contributed by atoms with E-state index in [2.05, 4.69) is 64.8 Å². The number of benzene rings is 3. The van der Waals surface area contributed by atoms with Gasteiger partial charge < -0.3 is 9.73 Å². The van der Waals surface area contributed by atoms with Crippen LogP contribution in [0.1, 0.15) is 10.4 Å². The zero-order chi connectivity index (χ0) is 19.0. The van der Waals surface area contributed by atoms with Gasteiger partial charge in [0.1, 0.15) is 5.52 Å². The van der Waals surface area contributed by atoms with Crippen molar-refractivity contribution in [1.29, 1.82) is 0 Å². The summed E-state index contributed by atoms with van der Waals surface area (Å²) in [7, 11) is 0. The summed E-state index contributed by atoms with van der Waals surface area (Å²) < 4.78 is 8.75. The van der Waals surface area contributed by atoms with Gasteiger partial charge in [0, 0.05) is 23.8 Å². The van der Waals surface area contributed by atoms with E-state index in [1.54, 1.807) is 24.3 Å². The number of hydrogen-bond donors (Lipinski definition) is 1. The van der Waals surface area contributed by atoms with Gasteiger partial charge in [-0.2, -0.15) is 0 Å². The number of halogens is 3. The van der Waals surface area contributed by atoms with Crippen molar-refractivity contribution in [3.05, 3.63) is 78.7 Å². The number of amides is 1. The second-order valence-corrected chi connectivity index (χ2v) is 8.81. The average molecular weight is 598 g/mol. The highest BCUT2D eigenvalue weighted by atomic mass is 127. The molecular formula is C20H11Br2IN2O2. The smallest absolute Gasteiger partial charge is 0.255 e. The van der Waals surface area contributed by atoms with Crippen LogP contribution in [0.2, 0.25) is 0 Å². The quantitative estimate of drug-likeness (QED) is 0.262. The van der Waals surface area contributed by atoms with Crippen molar-refractivity contribution < 1.29 is 9.21 Å². The number of nitrogens with zero attached hydrogens (tertiary/aromatic N) is 1. The molecule has 4 rings (SSSR count). The molecule has 0 aliphatic rings. The molecule has 4 nitrogen and oxygen atoms in total. The van der Waals surface area contributed by atoms with E-state index in [0.29, 0.717) is 28.2 Å². The van der Waals surface area contributed by atoms with Crippen LogP contribution in [0.15, 0.2) is 74.0 Å². The maximum absolute atomic E-state index is 12.4. The van der Waals surface area contributed by atoms with Crippen LogP contribution in [0.25, 0.3) is 22.6 Å². The Labute approximate surface area is 185 Å². The highest BCUT2D eigenvalue weighted by Crippen LogP contribution is 2.32. The Morgan fingerprint density at radius 2 is 1.89 bits per heavy atom. The van der Waals surface area contributed by atoms with Crippen LogP contribution >= 0.6 is 54.5 Å². The van der Waals surface area contributed by atoms with Crippen LogP contribution in [-0.4, -0.2) is 10.9 Å². The van der Waals surface area contributed by atoms with Gasteiger partial charge in [0.05, 0.1) is 5.56 Å². The molecule has 1 amide bonds. The summed E-state index contributed by atoms with van der Waals surface area (Å²) in [5.41, 5.74) is 3.47. The van der Waals surface area contributed by atoms with Gasteiger partial charge in [-0.05, 0) is 93.1 Å². The topological polar surface area (TPSA) is 55.1 Å². The molecule has 4 aromatic rings. The summed E-state index contributed by atoms with van der Waals surface area (Å²) in [6, 6.07) is 18.6. The van der Waals surface area contributed by atoms with Crippen LogP contribution in [0, 0.1) is 3.57 Å². The molecule has 0 radical (unpaired) electrons. The van der Waals surface area contributed by atoms with Gasteiger partial charge in [-0.1, -0.05) is 22.0 Å². The van der Waals surface area contributed by atoms with E-state index < -0.39 is 0 Å². The molecule has 0 unspecified atom stereocenters. The first-order valence-corrected chi connectivity index (χ1v) is 10.6. The number of aromatic nitrogens is 1. The number of hydrogen-bond acceptors (Lipinski definition) is 3. The molecule has 0 spiro atoms. The molecule has 1 aromatic heterocycles. The van der Waals surface area contributed by atoms with E-state index in [0.717, 1.165) is 18.1 Å². The highest BCUT2D eigenvalue weighted by molar-refractivity contribution is 14.1. The van der Waals surface area contributed by atoms with Gasteiger partial charge in [-0.3, -0.25) is 4.79 Å². The highest BCUT2D eigenvalue weighted by Gasteiger charge is 2.13. The first kappa shape index (κ1) is 18.6. The molecule has 3 aromatic carbocycles. The molecule has 0 atom stereocenters. The van der Waals surface area contributed by atoms with Gasteiger partial charge in [0.15, 0.2) is 5.58 Å². The maximum atomic E-state index is 12.4. The van der Waals surface area contributed by atoms with Gasteiger partial charge in [0.2, 0.25) is 5.89 Å². The second-order valence-electron chi connectivity index (χ2n) is 5.79. The minimum absolute atomic E-state index is 0.181. The number of rotatable bonds is 3. The van der Waals surface area contributed by atoms with E-state index in [1.807, 2.05) is 36.4 Å². The summed E-state index contributed by atoms with van der Waals surface area (Å²) >= 11 is 9.17. The van der Waals surface area contributed by atoms with Crippen LogP contribution in [0.3, 0.4) is 0 Å². The van der Waals surface area contributed by atoms with Gasteiger partial charge in [0.25, 0.3) is 5.91 Å². The molecule has 134 valence electrons. The fourth-order valence-corrected chi connectivity index (χ4v) is 3.92. The van der Waals surface area contributed by atoms with E-state index in [4.69, 9.17) is 4.42 Å². The third kappa shape index (κ3) is 4.09. The van der Waals surface area contributed by atoms with Crippen molar-refractivity contribution in [2.45, 2.75) is 0 Å². The lowest BCUT2D eigenvalue weighted by Gasteiger charge is -2.05. The standard InChI is InChI=1S/C20H11Br2IN2O2/c21-12-3-1-2-11(8-12)19(26)24-14-5-7-18-17(10-14)25-20(27-18)15-9-13(23)4-6-16(15)22/h1-10H,(H,24,26). The lowest BCUT2D eigenvalue weighted by molar-refractivity contribution is 0.102. The molecule has 0 saturated carbocycles. The van der Waals surface area contributed by atoms with Crippen LogP contribution < -0.4 is 5.32 Å². The zero-order valence-electron chi connectivity index (χ0n) is 13.7. The van der Waals surface area contributed by atoms with Crippen molar-refractivity contribution >= 4 is 77.1 Å². The van der Waals surface area contributed by atoms with E-state index in [9.17, 15) is 4.79 Å².